The molecule has 0 saturated carbocycles. The number of carboxylic acid groups (broad SMARTS) is 1. The van der Waals surface area contributed by atoms with Crippen molar-refractivity contribution in [2.75, 3.05) is 0 Å². The summed E-state index contributed by atoms with van der Waals surface area (Å²) in [4.78, 5) is 27.3. The SMILES string of the molecule is CC(=O)O[C@@H]1C/C(C(=O)O)=C/CC[C@](C)(OO)/C=C/C(C)(C)C1. The van der Waals surface area contributed by atoms with Gasteiger partial charge in [0.15, 0.2) is 0 Å². The molecule has 1 aliphatic carbocycles. The number of hydrogen-bond acceptors (Lipinski definition) is 5. The largest absolute Gasteiger partial charge is 0.478 e. The normalized spacial score (nSPS) is 32.0. The van der Waals surface area contributed by atoms with Crippen molar-refractivity contribution in [3.05, 3.63) is 23.8 Å². The quantitative estimate of drug-likeness (QED) is 0.358. The van der Waals surface area contributed by atoms with Gasteiger partial charge in [0.1, 0.15) is 11.7 Å². The third kappa shape index (κ3) is 6.54. The fourth-order valence-electron chi connectivity index (χ4n) is 2.64. The molecule has 0 spiro atoms. The Bertz CT molecular complexity index is 505. The van der Waals surface area contributed by atoms with Gasteiger partial charge in [0, 0.05) is 18.9 Å². The van der Waals surface area contributed by atoms with Gasteiger partial charge in [-0.25, -0.2) is 9.68 Å². The second-order valence-electron chi connectivity index (χ2n) is 6.94. The summed E-state index contributed by atoms with van der Waals surface area (Å²) in [7, 11) is 0. The highest BCUT2D eigenvalue weighted by Gasteiger charge is 2.29. The Morgan fingerprint density at radius 3 is 2.43 bits per heavy atom. The maximum absolute atomic E-state index is 11.4. The molecule has 0 aliphatic heterocycles. The van der Waals surface area contributed by atoms with Crippen molar-refractivity contribution < 1.29 is 29.6 Å². The third-order valence-corrected chi connectivity index (χ3v) is 3.94. The summed E-state index contributed by atoms with van der Waals surface area (Å²) < 4.78 is 5.30. The smallest absolute Gasteiger partial charge is 0.331 e. The van der Waals surface area contributed by atoms with Crippen LogP contribution >= 0.6 is 0 Å². The van der Waals surface area contributed by atoms with Gasteiger partial charge in [-0.05, 0) is 31.6 Å². The summed E-state index contributed by atoms with van der Waals surface area (Å²) in [5.41, 5.74) is -1.04. The summed E-state index contributed by atoms with van der Waals surface area (Å²) in [6, 6.07) is 0. The van der Waals surface area contributed by atoms with Crippen LogP contribution in [0.1, 0.15) is 53.4 Å². The molecule has 0 aromatic carbocycles. The first-order valence-corrected chi connectivity index (χ1v) is 7.69. The lowest BCUT2D eigenvalue weighted by Gasteiger charge is -2.28. The highest BCUT2D eigenvalue weighted by molar-refractivity contribution is 5.86. The standard InChI is InChI=1S/C17H26O6/c1-12(18)22-14-10-13(15(19)20)6-5-7-17(4,23-21)9-8-16(2,3)11-14/h6,8-9,14,21H,5,7,10-11H2,1-4H3,(H,19,20)/b9-8+,13-6-/t14-,17+/m1/s1. The highest BCUT2D eigenvalue weighted by atomic mass is 17.1. The van der Waals surface area contributed by atoms with E-state index in [1.54, 1.807) is 19.1 Å². The number of esters is 1. The number of ether oxygens (including phenoxy) is 1. The topological polar surface area (TPSA) is 93.1 Å². The molecule has 0 radical (unpaired) electrons. The lowest BCUT2D eigenvalue weighted by atomic mass is 9.83. The molecule has 23 heavy (non-hydrogen) atoms. The summed E-state index contributed by atoms with van der Waals surface area (Å²) in [6.07, 6.45) is 6.25. The molecule has 0 aromatic rings. The average Bonchev–Trinajstić information content (AvgIpc) is 2.44. The fraction of sp³-hybridized carbons (Fsp3) is 0.647. The van der Waals surface area contributed by atoms with Crippen LogP contribution < -0.4 is 0 Å². The van der Waals surface area contributed by atoms with Crippen LogP contribution in [0.5, 0.6) is 0 Å². The first kappa shape index (κ1) is 19.4. The van der Waals surface area contributed by atoms with Crippen molar-refractivity contribution in [2.24, 2.45) is 5.41 Å². The van der Waals surface area contributed by atoms with Crippen LogP contribution in [0.25, 0.3) is 0 Å². The molecule has 0 amide bonds. The van der Waals surface area contributed by atoms with Gasteiger partial charge >= 0.3 is 11.9 Å². The van der Waals surface area contributed by atoms with Crippen molar-refractivity contribution in [1.82, 2.24) is 0 Å². The molecule has 0 heterocycles. The van der Waals surface area contributed by atoms with E-state index in [0.29, 0.717) is 19.3 Å². The van der Waals surface area contributed by atoms with E-state index in [9.17, 15) is 14.7 Å². The Hall–Kier alpha value is -1.66. The van der Waals surface area contributed by atoms with Gasteiger partial charge in [0.05, 0.1) is 0 Å². The maximum atomic E-state index is 11.4. The third-order valence-electron chi connectivity index (χ3n) is 3.94. The molecule has 0 unspecified atom stereocenters. The molecule has 0 bridgehead atoms. The van der Waals surface area contributed by atoms with Crippen LogP contribution in [0.4, 0.5) is 0 Å². The Balaban J connectivity index is 3.16. The molecule has 1 rings (SSSR count). The van der Waals surface area contributed by atoms with Crippen molar-refractivity contribution in [2.45, 2.75) is 65.1 Å². The van der Waals surface area contributed by atoms with Crippen molar-refractivity contribution in [3.63, 3.8) is 0 Å². The maximum Gasteiger partial charge on any atom is 0.331 e. The molecular formula is C17H26O6. The Morgan fingerprint density at radius 2 is 1.91 bits per heavy atom. The van der Waals surface area contributed by atoms with E-state index in [-0.39, 0.29) is 17.4 Å². The summed E-state index contributed by atoms with van der Waals surface area (Å²) in [6.45, 7) is 6.96. The van der Waals surface area contributed by atoms with Crippen LogP contribution in [-0.2, 0) is 19.2 Å². The zero-order chi connectivity index (χ0) is 17.7. The number of carbonyl (C=O) groups excluding carboxylic acids is 1. The Morgan fingerprint density at radius 1 is 1.26 bits per heavy atom. The summed E-state index contributed by atoms with van der Waals surface area (Å²) in [5, 5.41) is 18.5. The van der Waals surface area contributed by atoms with E-state index in [2.05, 4.69) is 4.89 Å². The second kappa shape index (κ2) is 7.75. The van der Waals surface area contributed by atoms with E-state index >= 15 is 0 Å². The molecule has 130 valence electrons. The van der Waals surface area contributed by atoms with Crippen LogP contribution in [0.3, 0.4) is 0 Å². The molecular weight excluding hydrogens is 300 g/mol. The van der Waals surface area contributed by atoms with Crippen molar-refractivity contribution in [3.8, 4) is 0 Å². The molecule has 6 heteroatoms. The van der Waals surface area contributed by atoms with Crippen molar-refractivity contribution in [1.29, 1.82) is 0 Å². The van der Waals surface area contributed by atoms with Gasteiger partial charge in [-0.2, -0.15) is 0 Å². The summed E-state index contributed by atoms with van der Waals surface area (Å²) >= 11 is 0. The van der Waals surface area contributed by atoms with Gasteiger partial charge in [0.2, 0.25) is 0 Å². The lowest BCUT2D eigenvalue weighted by Crippen LogP contribution is -2.27. The number of carbonyl (C=O) groups is 2. The monoisotopic (exact) mass is 326 g/mol. The zero-order valence-electron chi connectivity index (χ0n) is 14.2. The molecule has 0 saturated heterocycles. The van der Waals surface area contributed by atoms with E-state index in [1.807, 2.05) is 19.9 Å². The number of carboxylic acids is 1. The number of rotatable bonds is 3. The lowest BCUT2D eigenvalue weighted by molar-refractivity contribution is -0.303. The summed E-state index contributed by atoms with van der Waals surface area (Å²) in [5.74, 6) is -1.46. The van der Waals surface area contributed by atoms with Gasteiger partial charge in [0.25, 0.3) is 0 Å². The molecule has 2 atom stereocenters. The average molecular weight is 326 g/mol. The van der Waals surface area contributed by atoms with Crippen LogP contribution in [-0.4, -0.2) is 34.0 Å². The second-order valence-corrected chi connectivity index (χ2v) is 6.94. The predicted octanol–water partition coefficient (Wildman–Crippen LogP) is 3.33. The van der Waals surface area contributed by atoms with E-state index in [0.717, 1.165) is 0 Å². The number of hydrogen-bond donors (Lipinski definition) is 2. The van der Waals surface area contributed by atoms with Gasteiger partial charge in [-0.15, -0.1) is 0 Å². The highest BCUT2D eigenvalue weighted by Crippen LogP contribution is 2.32. The molecule has 1 aliphatic rings. The van der Waals surface area contributed by atoms with E-state index in [1.165, 1.54) is 6.92 Å². The van der Waals surface area contributed by atoms with Crippen molar-refractivity contribution >= 4 is 11.9 Å². The number of aliphatic carboxylic acids is 1. The first-order valence-electron chi connectivity index (χ1n) is 7.69. The van der Waals surface area contributed by atoms with Crippen LogP contribution in [0.15, 0.2) is 23.8 Å². The predicted molar refractivity (Wildman–Crippen MR) is 84.8 cm³/mol. The van der Waals surface area contributed by atoms with Gasteiger partial charge < -0.3 is 9.84 Å². The Kier molecular flexibility index (Phi) is 6.53. The molecule has 2 N–H and O–H groups in total. The Labute approximate surface area is 136 Å². The molecule has 0 aromatic heterocycles. The zero-order valence-corrected chi connectivity index (χ0v) is 14.2. The van der Waals surface area contributed by atoms with Gasteiger partial charge in [-0.1, -0.05) is 32.1 Å². The minimum Gasteiger partial charge on any atom is -0.478 e. The first-order chi connectivity index (χ1) is 10.6. The van der Waals surface area contributed by atoms with Crippen LogP contribution in [0.2, 0.25) is 0 Å². The van der Waals surface area contributed by atoms with E-state index < -0.39 is 23.6 Å². The van der Waals surface area contributed by atoms with Gasteiger partial charge in [-0.3, -0.25) is 10.1 Å². The van der Waals surface area contributed by atoms with E-state index in [4.69, 9.17) is 9.99 Å². The molecule has 0 fully saturated rings. The molecule has 6 nitrogen and oxygen atoms in total. The minimum absolute atomic E-state index is 0.156. The van der Waals surface area contributed by atoms with Crippen LogP contribution in [0, 0.1) is 5.41 Å². The number of allylic oxidation sites excluding steroid dienone is 2. The minimum atomic E-state index is -1.03. The fourth-order valence-corrected chi connectivity index (χ4v) is 2.64.